The average molecular weight is 840 g/mol. The van der Waals surface area contributed by atoms with E-state index in [0.717, 1.165) is 38.3 Å². The molecule has 3 aromatic carbocycles. The number of pyridine rings is 1. The minimum absolute atomic E-state index is 0.0101. The van der Waals surface area contributed by atoms with Gasteiger partial charge < -0.3 is 29.1 Å². The smallest absolute Gasteiger partial charge is 0.415 e. The number of hydrogen-bond donors (Lipinski definition) is 0. The number of aromatic nitrogens is 1. The summed E-state index contributed by atoms with van der Waals surface area (Å²) >= 11 is 14.3. The van der Waals surface area contributed by atoms with Crippen LogP contribution in [0.2, 0.25) is 10.0 Å². The van der Waals surface area contributed by atoms with Gasteiger partial charge in [0.2, 0.25) is 0 Å². The SMILES string of the molecule is COc1ccc([C@H](Cc2c(Cl)c[n+]([O-])cc2Cl)OC(=O)[C@@H]2CSCN2C(=O)c2cccc(CN(C(=O)O[C@H]3CN4CCC3CC4)c3ccccc3F)c2)cc1OC. The van der Waals surface area contributed by atoms with Gasteiger partial charge in [0.25, 0.3) is 5.91 Å². The lowest BCUT2D eigenvalue weighted by Gasteiger charge is -2.44. The van der Waals surface area contributed by atoms with Crippen LogP contribution in [0.4, 0.5) is 14.9 Å². The van der Waals surface area contributed by atoms with Gasteiger partial charge in [-0.1, -0.05) is 53.5 Å². The molecule has 300 valence electrons. The van der Waals surface area contributed by atoms with Gasteiger partial charge in [0.15, 0.2) is 23.9 Å². The molecule has 57 heavy (non-hydrogen) atoms. The maximum Gasteiger partial charge on any atom is 0.415 e. The van der Waals surface area contributed by atoms with E-state index in [-0.39, 0.29) is 57.9 Å². The van der Waals surface area contributed by atoms with Gasteiger partial charge in [-0.25, -0.2) is 14.0 Å². The third-order valence-corrected chi connectivity index (χ3v) is 12.3. The van der Waals surface area contributed by atoms with Crippen LogP contribution in [0.15, 0.2) is 79.1 Å². The third-order valence-electron chi connectivity index (χ3n) is 10.6. The van der Waals surface area contributed by atoms with E-state index >= 15 is 4.39 Å². The molecule has 12 nitrogen and oxygen atoms in total. The number of ether oxygens (including phenoxy) is 4. The molecule has 3 atom stereocenters. The van der Waals surface area contributed by atoms with E-state index in [1.54, 1.807) is 54.6 Å². The van der Waals surface area contributed by atoms with Gasteiger partial charge in [-0.3, -0.25) is 14.6 Å². The zero-order chi connectivity index (χ0) is 40.2. The maximum atomic E-state index is 15.2. The predicted octanol–water partition coefficient (Wildman–Crippen LogP) is 7.06. The number of benzene rings is 3. The highest BCUT2D eigenvalue weighted by atomic mass is 35.5. The van der Waals surface area contributed by atoms with E-state index in [4.69, 9.17) is 42.1 Å². The number of halogens is 3. The summed E-state index contributed by atoms with van der Waals surface area (Å²) in [4.78, 5) is 46.9. The van der Waals surface area contributed by atoms with Crippen LogP contribution >= 0.6 is 35.0 Å². The van der Waals surface area contributed by atoms with E-state index in [1.165, 1.54) is 47.9 Å². The van der Waals surface area contributed by atoms with E-state index in [9.17, 15) is 19.6 Å². The van der Waals surface area contributed by atoms with Crippen LogP contribution in [-0.2, 0) is 27.2 Å². The second-order valence-electron chi connectivity index (χ2n) is 14.1. The normalized spacial score (nSPS) is 20.5. The third kappa shape index (κ3) is 9.04. The monoisotopic (exact) mass is 838 g/mol. The van der Waals surface area contributed by atoms with Crippen molar-refractivity contribution in [2.75, 3.05) is 50.4 Å². The Labute approximate surface area is 343 Å². The Morgan fingerprint density at radius 3 is 2.40 bits per heavy atom. The minimum Gasteiger partial charge on any atom is -0.619 e. The van der Waals surface area contributed by atoms with Crippen molar-refractivity contribution < 1.29 is 42.5 Å². The Morgan fingerprint density at radius 2 is 1.72 bits per heavy atom. The molecule has 4 aromatic rings. The average Bonchev–Trinajstić information content (AvgIpc) is 3.71. The summed E-state index contributed by atoms with van der Waals surface area (Å²) in [7, 11) is 2.99. The summed E-state index contributed by atoms with van der Waals surface area (Å²) in [5.74, 6) is -0.0509. The minimum atomic E-state index is -0.953. The van der Waals surface area contributed by atoms with Gasteiger partial charge in [-0.2, -0.15) is 4.73 Å². The number of carbonyl (C=O) groups excluding carboxylic acids is 3. The molecular formula is C41H41Cl2FN4O8S. The molecule has 4 aliphatic rings. The molecule has 4 aliphatic heterocycles. The van der Waals surface area contributed by atoms with Crippen molar-refractivity contribution in [3.8, 4) is 11.5 Å². The lowest BCUT2D eigenvalue weighted by molar-refractivity contribution is -0.605. The fourth-order valence-electron chi connectivity index (χ4n) is 7.56. The quantitative estimate of drug-likeness (QED) is 0.0832. The van der Waals surface area contributed by atoms with E-state index < -0.39 is 35.9 Å². The molecule has 2 amide bonds. The molecule has 0 N–H and O–H groups in total. The van der Waals surface area contributed by atoms with Crippen LogP contribution in [0.3, 0.4) is 0 Å². The Balaban J connectivity index is 1.10. The van der Waals surface area contributed by atoms with Crippen LogP contribution in [0, 0.1) is 16.9 Å². The van der Waals surface area contributed by atoms with Crippen LogP contribution in [0.5, 0.6) is 11.5 Å². The zero-order valence-electron chi connectivity index (χ0n) is 31.3. The molecule has 16 heteroatoms. The number of piperidine rings is 3. The molecule has 4 fully saturated rings. The number of amides is 2. The molecule has 0 radical (unpaired) electrons. The molecule has 0 aliphatic carbocycles. The number of rotatable bonds is 12. The standard InChI is InChI=1S/C41H41Cl2FN4O8S/c1-53-35-11-10-27(17-37(35)54-2)36(18-29-30(42)20-46(52)21-31(29)43)55-40(50)34-23-57-24-48(34)39(49)28-7-5-6-25(16-28)19-47(33-9-4-3-8-32(33)44)41(51)56-38-22-45-14-12-26(38)13-15-45/h3-11,16-17,20-21,26,34,36,38H,12-15,18-19,22-24H2,1-2H3/t34-,36-,38-/m0/s1. The Kier molecular flexibility index (Phi) is 12.6. The van der Waals surface area contributed by atoms with Crippen molar-refractivity contribution in [2.45, 2.75) is 44.1 Å². The fraction of sp³-hybridized carbons (Fsp3) is 0.366. The summed E-state index contributed by atoms with van der Waals surface area (Å²) in [5, 5.41) is 12.2. The van der Waals surface area contributed by atoms with Crippen LogP contribution in [-0.4, -0.2) is 85.4 Å². The van der Waals surface area contributed by atoms with Gasteiger partial charge in [0.1, 0.15) is 34.1 Å². The first kappa shape index (κ1) is 40.4. The highest BCUT2D eigenvalue weighted by Crippen LogP contribution is 2.37. The number of methoxy groups -OCH3 is 2. The van der Waals surface area contributed by atoms with Crippen LogP contribution in [0.1, 0.15) is 46.0 Å². The molecule has 1 aromatic heterocycles. The highest BCUT2D eigenvalue weighted by molar-refractivity contribution is 7.99. The van der Waals surface area contributed by atoms with Crippen molar-refractivity contribution in [3.63, 3.8) is 0 Å². The Morgan fingerprint density at radius 1 is 0.982 bits per heavy atom. The topological polar surface area (TPSA) is 125 Å². The number of fused-ring (bicyclic) bond motifs is 3. The second kappa shape index (κ2) is 17.8. The molecule has 2 bridgehead atoms. The lowest BCUT2D eigenvalue weighted by atomic mass is 9.86. The fourth-order valence-corrected chi connectivity index (χ4v) is 9.29. The van der Waals surface area contributed by atoms with Gasteiger partial charge in [0, 0.05) is 29.8 Å². The maximum absolute atomic E-state index is 15.2. The van der Waals surface area contributed by atoms with Crippen LogP contribution < -0.4 is 19.1 Å². The number of thioether (sulfide) groups is 1. The summed E-state index contributed by atoms with van der Waals surface area (Å²) < 4.78 is 38.8. The van der Waals surface area contributed by atoms with Crippen molar-refractivity contribution in [2.24, 2.45) is 5.92 Å². The molecule has 5 heterocycles. The number of para-hydroxylation sites is 1. The molecule has 0 unspecified atom stereocenters. The number of nitrogens with zero attached hydrogens (tertiary/aromatic N) is 4. The summed E-state index contributed by atoms with van der Waals surface area (Å²) in [6.45, 7) is 2.54. The van der Waals surface area contributed by atoms with Crippen molar-refractivity contribution in [1.29, 1.82) is 0 Å². The molecular weight excluding hydrogens is 798 g/mol. The first-order chi connectivity index (χ1) is 27.5. The van der Waals surface area contributed by atoms with Gasteiger partial charge in [-0.15, -0.1) is 11.8 Å². The van der Waals surface area contributed by atoms with Crippen molar-refractivity contribution in [3.05, 3.63) is 122 Å². The number of anilines is 1. The number of esters is 1. The molecule has 8 rings (SSSR count). The zero-order valence-corrected chi connectivity index (χ0v) is 33.6. The molecule has 0 saturated carbocycles. The lowest BCUT2D eigenvalue weighted by Crippen LogP contribution is -2.53. The van der Waals surface area contributed by atoms with Crippen molar-refractivity contribution >= 4 is 58.6 Å². The summed E-state index contributed by atoms with van der Waals surface area (Å²) in [6, 6.07) is 16.8. The number of carbonyl (C=O) groups is 3. The Hall–Kier alpha value is -4.76. The number of hydrogen-bond acceptors (Lipinski definition) is 10. The van der Waals surface area contributed by atoms with E-state index in [2.05, 4.69) is 4.90 Å². The van der Waals surface area contributed by atoms with Gasteiger partial charge >= 0.3 is 12.1 Å². The summed E-state index contributed by atoms with van der Waals surface area (Å²) in [5.41, 5.74) is 1.83. The summed E-state index contributed by atoms with van der Waals surface area (Å²) in [6.07, 6.45) is 2.32. The van der Waals surface area contributed by atoms with E-state index in [0.29, 0.717) is 39.5 Å². The first-order valence-electron chi connectivity index (χ1n) is 18.4. The largest absolute Gasteiger partial charge is 0.619 e. The molecule has 4 saturated heterocycles. The molecule has 0 spiro atoms. The van der Waals surface area contributed by atoms with Crippen LogP contribution in [0.25, 0.3) is 0 Å². The Bertz CT molecular complexity index is 2120. The van der Waals surface area contributed by atoms with Crippen molar-refractivity contribution in [1.82, 2.24) is 9.80 Å². The van der Waals surface area contributed by atoms with Gasteiger partial charge in [0.05, 0.1) is 32.3 Å². The second-order valence-corrected chi connectivity index (χ2v) is 15.9. The predicted molar refractivity (Wildman–Crippen MR) is 213 cm³/mol. The van der Waals surface area contributed by atoms with Gasteiger partial charge in [-0.05, 0) is 79.4 Å². The first-order valence-corrected chi connectivity index (χ1v) is 20.4. The van der Waals surface area contributed by atoms with E-state index in [1.807, 2.05) is 0 Å². The highest BCUT2D eigenvalue weighted by Gasteiger charge is 2.39.